The van der Waals surface area contributed by atoms with Gasteiger partial charge in [0.15, 0.2) is 0 Å². The molecular formula is C22H27F2N2O5PS. The van der Waals surface area contributed by atoms with Crippen molar-refractivity contribution >= 4 is 36.5 Å². The van der Waals surface area contributed by atoms with Crippen molar-refractivity contribution in [1.82, 2.24) is 0 Å². The predicted molar refractivity (Wildman–Crippen MR) is 125 cm³/mol. The average molecular weight is 501 g/mol. The molecule has 0 saturated heterocycles. The summed E-state index contributed by atoms with van der Waals surface area (Å²) in [5, 5.41) is 12.3. The normalized spacial score (nSPS) is 15.1. The van der Waals surface area contributed by atoms with Crippen molar-refractivity contribution in [2.45, 2.75) is 43.4 Å². The minimum absolute atomic E-state index is 0.0194. The molecule has 11 heteroatoms. The number of aliphatic hydroxyl groups is 1. The van der Waals surface area contributed by atoms with Gasteiger partial charge in [0.25, 0.3) is 10.0 Å². The van der Waals surface area contributed by atoms with Crippen molar-refractivity contribution in [3.05, 3.63) is 48.0 Å². The predicted octanol–water partition coefficient (Wildman–Crippen LogP) is 4.20. The van der Waals surface area contributed by atoms with Gasteiger partial charge in [-0.25, -0.2) is 8.42 Å². The molecule has 1 fully saturated rings. The van der Waals surface area contributed by atoms with Crippen molar-refractivity contribution in [3.63, 3.8) is 0 Å². The number of aliphatic hydroxyl groups excluding tert-OH is 1. The van der Waals surface area contributed by atoms with Crippen LogP contribution in [0.25, 0.3) is 0 Å². The van der Waals surface area contributed by atoms with E-state index < -0.39 is 21.8 Å². The van der Waals surface area contributed by atoms with Crippen LogP contribution in [-0.2, 0) is 21.2 Å². The lowest BCUT2D eigenvalue weighted by molar-refractivity contribution is -0.121. The minimum atomic E-state index is -4.05. The van der Waals surface area contributed by atoms with E-state index in [0.29, 0.717) is 24.1 Å². The first-order valence-corrected chi connectivity index (χ1v) is 12.6. The van der Waals surface area contributed by atoms with Gasteiger partial charge >= 0.3 is 5.85 Å². The van der Waals surface area contributed by atoms with E-state index in [9.17, 15) is 27.1 Å². The van der Waals surface area contributed by atoms with Gasteiger partial charge in [0.05, 0.1) is 23.1 Å². The first-order valence-electron chi connectivity index (χ1n) is 10.6. The van der Waals surface area contributed by atoms with E-state index in [4.69, 9.17) is 0 Å². The molecule has 7 nitrogen and oxygen atoms in total. The molecule has 1 aliphatic rings. The Hall–Kier alpha value is -2.29. The smallest absolute Gasteiger partial charge is 0.408 e. The van der Waals surface area contributed by atoms with Crippen LogP contribution in [0.3, 0.4) is 0 Å². The highest BCUT2D eigenvalue weighted by Gasteiger charge is 2.35. The van der Waals surface area contributed by atoms with Crippen LogP contribution in [0.2, 0.25) is 0 Å². The molecule has 0 bridgehead atoms. The number of carbonyl (C=O) groups excluding carboxylic acids is 1. The summed E-state index contributed by atoms with van der Waals surface area (Å²) in [7, 11) is -2.80. The summed E-state index contributed by atoms with van der Waals surface area (Å²) in [5.74, 6) is -4.27. The summed E-state index contributed by atoms with van der Waals surface area (Å²) < 4.78 is 59.1. The molecule has 180 valence electrons. The standard InChI is InChI=1S/C22H27F2N2O5PS/c1-2-4-15-11-16(25-21(28)19(13-27)14-7-8-14)9-10-20(15)33(29,30)26-17-5-3-6-18(12-17)31-22(23,24)32/h3,5-6,9-12,14,19,26-27H,2,4,7-8,13,32H2,1H3,(H,25,28)/t19-/m0/s1. The van der Waals surface area contributed by atoms with E-state index in [1.807, 2.05) is 6.92 Å². The number of aryl methyl sites for hydroxylation is 1. The van der Waals surface area contributed by atoms with Crippen LogP contribution in [0.5, 0.6) is 5.75 Å². The zero-order valence-corrected chi connectivity index (χ0v) is 20.0. The molecule has 2 aromatic carbocycles. The molecule has 3 rings (SSSR count). The third-order valence-electron chi connectivity index (χ3n) is 5.20. The van der Waals surface area contributed by atoms with E-state index in [1.165, 1.54) is 39.6 Å². The SMILES string of the molecule is CCCc1cc(NC(=O)[C@@H](CO)C2CC2)ccc1S(=O)(=O)Nc1cccc(OC(F)(F)P)c1. The second-order valence-corrected chi connectivity index (χ2v) is 10.3. The summed E-state index contributed by atoms with van der Waals surface area (Å²) >= 11 is 0. The number of rotatable bonds is 11. The number of alkyl halides is 2. The maximum Gasteiger partial charge on any atom is 0.408 e. The molecule has 1 amide bonds. The number of benzene rings is 2. The zero-order chi connectivity index (χ0) is 24.2. The third-order valence-corrected chi connectivity index (χ3v) is 6.80. The molecule has 0 radical (unpaired) electrons. The minimum Gasteiger partial charge on any atom is -0.430 e. The first-order chi connectivity index (χ1) is 15.5. The fraction of sp³-hybridized carbons (Fsp3) is 0.409. The Balaban J connectivity index is 1.82. The maximum atomic E-state index is 13.1. The molecule has 1 unspecified atom stereocenters. The number of carbonyl (C=O) groups is 1. The fourth-order valence-corrected chi connectivity index (χ4v) is 4.99. The van der Waals surface area contributed by atoms with Crippen molar-refractivity contribution in [3.8, 4) is 5.75 Å². The van der Waals surface area contributed by atoms with Gasteiger partial charge in [-0.2, -0.15) is 8.78 Å². The quantitative estimate of drug-likeness (QED) is 0.401. The molecule has 1 aliphatic carbocycles. The monoisotopic (exact) mass is 500 g/mol. The van der Waals surface area contributed by atoms with Crippen molar-refractivity contribution in [2.75, 3.05) is 16.6 Å². The first kappa shape index (κ1) is 25.3. The number of ether oxygens (including phenoxy) is 1. The van der Waals surface area contributed by atoms with Crippen LogP contribution in [0, 0.1) is 11.8 Å². The van der Waals surface area contributed by atoms with Gasteiger partial charge in [0.2, 0.25) is 5.91 Å². The highest BCUT2D eigenvalue weighted by molar-refractivity contribution is 7.92. The lowest BCUT2D eigenvalue weighted by atomic mass is 10.0. The summed E-state index contributed by atoms with van der Waals surface area (Å²) in [4.78, 5) is 12.5. The third kappa shape index (κ3) is 7.09. The molecule has 33 heavy (non-hydrogen) atoms. The number of hydrogen-bond acceptors (Lipinski definition) is 5. The largest absolute Gasteiger partial charge is 0.430 e. The van der Waals surface area contributed by atoms with Crippen LogP contribution < -0.4 is 14.8 Å². The molecule has 0 heterocycles. The Morgan fingerprint density at radius 3 is 2.58 bits per heavy atom. The zero-order valence-electron chi connectivity index (χ0n) is 18.1. The topological polar surface area (TPSA) is 105 Å². The van der Waals surface area contributed by atoms with Crippen LogP contribution in [0.15, 0.2) is 47.4 Å². The van der Waals surface area contributed by atoms with Crippen LogP contribution >= 0.6 is 9.24 Å². The Morgan fingerprint density at radius 2 is 1.97 bits per heavy atom. The number of hydrogen-bond donors (Lipinski definition) is 3. The summed E-state index contributed by atoms with van der Waals surface area (Å²) in [6.45, 7) is 1.66. The number of anilines is 2. The van der Waals surface area contributed by atoms with Crippen LogP contribution in [0.4, 0.5) is 20.2 Å². The molecule has 2 aromatic rings. The number of sulfonamides is 1. The fourth-order valence-electron chi connectivity index (χ4n) is 3.55. The maximum absolute atomic E-state index is 13.1. The number of nitrogens with one attached hydrogen (secondary N) is 2. The van der Waals surface area contributed by atoms with Gasteiger partial charge in [0.1, 0.15) is 5.75 Å². The molecular weight excluding hydrogens is 473 g/mol. The number of halogens is 2. The Bertz CT molecular complexity index is 1100. The molecule has 0 aliphatic heterocycles. The Labute approximate surface area is 194 Å². The molecule has 2 atom stereocenters. The Kier molecular flexibility index (Phi) is 7.92. The van der Waals surface area contributed by atoms with Crippen molar-refractivity contribution < 1.29 is 31.8 Å². The Morgan fingerprint density at radius 1 is 1.24 bits per heavy atom. The van der Waals surface area contributed by atoms with Gasteiger partial charge in [-0.15, -0.1) is 0 Å². The van der Waals surface area contributed by atoms with Crippen LogP contribution in [0.1, 0.15) is 31.7 Å². The van der Waals surface area contributed by atoms with Crippen LogP contribution in [-0.4, -0.2) is 31.9 Å². The second-order valence-electron chi connectivity index (χ2n) is 7.99. The highest BCUT2D eigenvalue weighted by Crippen LogP contribution is 2.37. The van der Waals surface area contributed by atoms with Gasteiger partial charge < -0.3 is 15.2 Å². The van der Waals surface area contributed by atoms with Gasteiger partial charge in [-0.1, -0.05) is 19.4 Å². The van der Waals surface area contributed by atoms with Gasteiger partial charge in [-0.3, -0.25) is 9.52 Å². The molecule has 3 N–H and O–H groups in total. The highest BCUT2D eigenvalue weighted by atomic mass is 32.2. The second kappa shape index (κ2) is 10.3. The number of amides is 1. The van der Waals surface area contributed by atoms with E-state index in [0.717, 1.165) is 18.9 Å². The summed E-state index contributed by atoms with van der Waals surface area (Å²) in [6.07, 6.45) is 2.91. The summed E-state index contributed by atoms with van der Waals surface area (Å²) in [5.41, 5.74) is 1.01. The van der Waals surface area contributed by atoms with Crippen molar-refractivity contribution in [1.29, 1.82) is 0 Å². The lowest BCUT2D eigenvalue weighted by Gasteiger charge is -2.17. The van der Waals surface area contributed by atoms with E-state index in [1.54, 1.807) is 6.07 Å². The average Bonchev–Trinajstić information content (AvgIpc) is 3.52. The molecule has 0 spiro atoms. The van der Waals surface area contributed by atoms with E-state index in [-0.39, 0.29) is 34.8 Å². The van der Waals surface area contributed by atoms with Gasteiger partial charge in [0, 0.05) is 11.8 Å². The lowest BCUT2D eigenvalue weighted by Crippen LogP contribution is -2.27. The van der Waals surface area contributed by atoms with Crippen molar-refractivity contribution in [2.24, 2.45) is 11.8 Å². The summed E-state index contributed by atoms with van der Waals surface area (Å²) in [6, 6.07) is 9.75. The van der Waals surface area contributed by atoms with E-state index >= 15 is 0 Å². The van der Waals surface area contributed by atoms with E-state index in [2.05, 4.69) is 14.8 Å². The molecule has 1 saturated carbocycles. The van der Waals surface area contributed by atoms with Gasteiger partial charge in [-0.05, 0) is 70.3 Å². The molecule has 0 aromatic heterocycles.